The lowest BCUT2D eigenvalue weighted by Gasteiger charge is -2.35. The average Bonchev–Trinajstić information content (AvgIpc) is 2.77. The molecule has 0 aliphatic carbocycles. The van der Waals surface area contributed by atoms with Gasteiger partial charge in [0.05, 0.1) is 22.8 Å². The summed E-state index contributed by atoms with van der Waals surface area (Å²) in [5, 5.41) is 11.2. The van der Waals surface area contributed by atoms with Crippen molar-refractivity contribution in [2.45, 2.75) is 20.0 Å². The topological polar surface area (TPSA) is 119 Å². The Morgan fingerprint density at radius 1 is 1.16 bits per heavy atom. The van der Waals surface area contributed by atoms with Crippen molar-refractivity contribution in [3.63, 3.8) is 0 Å². The van der Waals surface area contributed by atoms with Crippen molar-refractivity contribution in [1.29, 1.82) is 0 Å². The minimum Gasteiger partial charge on any atom is -0.482 e. The van der Waals surface area contributed by atoms with Crippen LogP contribution in [0, 0.1) is 16.0 Å². The van der Waals surface area contributed by atoms with Gasteiger partial charge in [-0.15, -0.1) is 0 Å². The molecule has 2 aliphatic heterocycles. The van der Waals surface area contributed by atoms with E-state index in [1.54, 1.807) is 19.2 Å². The van der Waals surface area contributed by atoms with Gasteiger partial charge in [0.25, 0.3) is 17.5 Å². The number of benzene rings is 2. The molecule has 0 spiro atoms. The summed E-state index contributed by atoms with van der Waals surface area (Å²) in [4.78, 5) is 51.4. The fraction of sp³-hybridized carbons (Fsp3) is 0.318. The molecule has 0 saturated carbocycles. The Hall–Kier alpha value is -3.95. The lowest BCUT2D eigenvalue weighted by Crippen LogP contribution is -2.50. The highest BCUT2D eigenvalue weighted by molar-refractivity contribution is 6.09. The number of nitro groups is 1. The summed E-state index contributed by atoms with van der Waals surface area (Å²) in [7, 11) is 1.59. The number of nitrogens with zero attached hydrogens (tertiary/aromatic N) is 3. The van der Waals surface area contributed by atoms with Crippen molar-refractivity contribution in [3.8, 4) is 11.5 Å². The smallest absolute Gasteiger partial charge is 0.271 e. The van der Waals surface area contributed by atoms with Gasteiger partial charge in [0.1, 0.15) is 11.5 Å². The van der Waals surface area contributed by atoms with E-state index in [1.165, 1.54) is 34.1 Å². The SMILES string of the molecule is CC(C)C1Oc2ccc([N+](=O)[O-])cc2N(CC(=O)c2ccc3c(c2)N(C)C(=O)CO3)C1=O. The Kier molecular flexibility index (Phi) is 5.29. The summed E-state index contributed by atoms with van der Waals surface area (Å²) in [6.45, 7) is 3.21. The molecule has 2 aromatic carbocycles. The van der Waals surface area contributed by atoms with E-state index in [0.717, 1.165) is 0 Å². The zero-order valence-corrected chi connectivity index (χ0v) is 17.7. The van der Waals surface area contributed by atoms with Crippen LogP contribution in [0.15, 0.2) is 36.4 Å². The number of fused-ring (bicyclic) bond motifs is 2. The van der Waals surface area contributed by atoms with Crippen LogP contribution in [-0.4, -0.2) is 48.8 Å². The minimum atomic E-state index is -0.822. The number of ether oxygens (including phenoxy) is 2. The van der Waals surface area contributed by atoms with Crippen LogP contribution in [0.2, 0.25) is 0 Å². The Labute approximate surface area is 183 Å². The second-order valence-corrected chi connectivity index (χ2v) is 7.96. The average molecular weight is 439 g/mol. The molecule has 0 saturated heterocycles. The molecule has 10 heteroatoms. The van der Waals surface area contributed by atoms with Crippen molar-refractivity contribution in [1.82, 2.24) is 0 Å². The predicted octanol–water partition coefficient (Wildman–Crippen LogP) is 2.58. The van der Waals surface area contributed by atoms with Gasteiger partial charge in [-0.05, 0) is 30.2 Å². The molecule has 0 aromatic heterocycles. The van der Waals surface area contributed by atoms with E-state index >= 15 is 0 Å². The summed E-state index contributed by atoms with van der Waals surface area (Å²) in [5.74, 6) is -0.488. The number of Topliss-reactive ketones (excluding diaryl/α,β-unsaturated/α-hetero) is 1. The molecule has 0 radical (unpaired) electrons. The predicted molar refractivity (Wildman–Crippen MR) is 114 cm³/mol. The van der Waals surface area contributed by atoms with Crippen LogP contribution >= 0.6 is 0 Å². The molecule has 1 atom stereocenters. The van der Waals surface area contributed by atoms with E-state index in [4.69, 9.17) is 9.47 Å². The fourth-order valence-corrected chi connectivity index (χ4v) is 3.65. The van der Waals surface area contributed by atoms with Crippen LogP contribution in [0.4, 0.5) is 17.1 Å². The van der Waals surface area contributed by atoms with Crippen LogP contribution < -0.4 is 19.3 Å². The van der Waals surface area contributed by atoms with Gasteiger partial charge in [-0.3, -0.25) is 29.4 Å². The molecule has 166 valence electrons. The molecular formula is C22H21N3O7. The molecule has 4 rings (SSSR count). The number of carbonyl (C=O) groups is 3. The lowest BCUT2D eigenvalue weighted by atomic mass is 10.0. The number of likely N-dealkylation sites (N-methyl/N-ethyl adjacent to an activating group) is 1. The number of ketones is 1. The molecule has 2 aliphatic rings. The zero-order valence-electron chi connectivity index (χ0n) is 17.7. The number of non-ortho nitro benzene ring substituents is 1. The van der Waals surface area contributed by atoms with E-state index in [1.807, 2.05) is 13.8 Å². The number of anilines is 2. The molecule has 10 nitrogen and oxygen atoms in total. The maximum atomic E-state index is 13.1. The summed E-state index contributed by atoms with van der Waals surface area (Å²) < 4.78 is 11.2. The molecule has 32 heavy (non-hydrogen) atoms. The Morgan fingerprint density at radius 2 is 1.88 bits per heavy atom. The number of hydrogen-bond acceptors (Lipinski definition) is 7. The molecule has 1 unspecified atom stereocenters. The number of nitro benzene ring substituents is 1. The van der Waals surface area contributed by atoms with Crippen LogP contribution in [0.3, 0.4) is 0 Å². The minimum absolute atomic E-state index is 0.0781. The van der Waals surface area contributed by atoms with E-state index in [9.17, 15) is 24.5 Å². The van der Waals surface area contributed by atoms with Gasteiger partial charge in [-0.1, -0.05) is 13.8 Å². The van der Waals surface area contributed by atoms with E-state index in [0.29, 0.717) is 17.2 Å². The van der Waals surface area contributed by atoms with Crippen molar-refractivity contribution in [3.05, 3.63) is 52.1 Å². The van der Waals surface area contributed by atoms with Gasteiger partial charge in [0.2, 0.25) is 0 Å². The molecule has 2 heterocycles. The van der Waals surface area contributed by atoms with Crippen LogP contribution in [0.25, 0.3) is 0 Å². The molecule has 0 fully saturated rings. The standard InChI is InChI=1S/C22H21N3O7/c1-12(2)21-22(28)24(16-9-14(25(29)30)5-7-19(16)32-21)10-17(26)13-4-6-18-15(8-13)23(3)20(27)11-31-18/h4-9,12,21H,10-11H2,1-3H3. The quantitative estimate of drug-likeness (QED) is 0.399. The first-order valence-electron chi connectivity index (χ1n) is 10.0. The monoisotopic (exact) mass is 439 g/mol. The van der Waals surface area contributed by atoms with E-state index in [2.05, 4.69) is 0 Å². The fourth-order valence-electron chi connectivity index (χ4n) is 3.65. The van der Waals surface area contributed by atoms with Crippen LogP contribution in [-0.2, 0) is 9.59 Å². The highest BCUT2D eigenvalue weighted by Gasteiger charge is 2.38. The van der Waals surface area contributed by atoms with E-state index < -0.39 is 22.7 Å². The maximum Gasteiger partial charge on any atom is 0.271 e. The first kappa shape index (κ1) is 21.3. The summed E-state index contributed by atoms with van der Waals surface area (Å²) in [6.07, 6.45) is -0.822. The van der Waals surface area contributed by atoms with Gasteiger partial charge in [0.15, 0.2) is 18.5 Å². The zero-order chi connectivity index (χ0) is 23.2. The van der Waals surface area contributed by atoms with Gasteiger partial charge in [0, 0.05) is 24.7 Å². The van der Waals surface area contributed by atoms with Crippen molar-refractivity contribution >= 4 is 34.7 Å². The first-order valence-corrected chi connectivity index (χ1v) is 10.0. The third-order valence-corrected chi connectivity index (χ3v) is 5.48. The largest absolute Gasteiger partial charge is 0.482 e. The van der Waals surface area contributed by atoms with Crippen molar-refractivity contribution in [2.75, 3.05) is 30.0 Å². The second-order valence-electron chi connectivity index (χ2n) is 7.96. The van der Waals surface area contributed by atoms with E-state index in [-0.39, 0.29) is 41.9 Å². The lowest BCUT2D eigenvalue weighted by molar-refractivity contribution is -0.384. The van der Waals surface area contributed by atoms with Crippen LogP contribution in [0.1, 0.15) is 24.2 Å². The van der Waals surface area contributed by atoms with Crippen molar-refractivity contribution < 1.29 is 28.8 Å². The summed E-state index contributed by atoms with van der Waals surface area (Å²) in [6, 6.07) is 8.65. The van der Waals surface area contributed by atoms with Gasteiger partial charge >= 0.3 is 0 Å². The third kappa shape index (κ3) is 3.64. The highest BCUT2D eigenvalue weighted by atomic mass is 16.6. The van der Waals surface area contributed by atoms with Gasteiger partial charge < -0.3 is 14.4 Å². The first-order chi connectivity index (χ1) is 15.2. The molecule has 0 bridgehead atoms. The molecular weight excluding hydrogens is 418 g/mol. The maximum absolute atomic E-state index is 13.1. The van der Waals surface area contributed by atoms with Crippen LogP contribution in [0.5, 0.6) is 11.5 Å². The molecule has 2 aromatic rings. The van der Waals surface area contributed by atoms with Crippen molar-refractivity contribution in [2.24, 2.45) is 5.92 Å². The Morgan fingerprint density at radius 3 is 2.56 bits per heavy atom. The molecule has 0 N–H and O–H groups in total. The highest BCUT2D eigenvalue weighted by Crippen LogP contribution is 2.39. The summed E-state index contributed by atoms with van der Waals surface area (Å²) in [5.41, 5.74) is 0.687. The number of hydrogen-bond donors (Lipinski definition) is 0. The second kappa shape index (κ2) is 7.95. The normalized spacial score (nSPS) is 17.4. The van der Waals surface area contributed by atoms with Gasteiger partial charge in [-0.25, -0.2) is 0 Å². The summed E-state index contributed by atoms with van der Waals surface area (Å²) >= 11 is 0. The Bertz CT molecular complexity index is 1140. The molecule has 2 amide bonds. The number of amides is 2. The Balaban J connectivity index is 1.69. The number of carbonyl (C=O) groups excluding carboxylic acids is 3. The third-order valence-electron chi connectivity index (χ3n) is 5.48. The number of rotatable bonds is 5. The van der Waals surface area contributed by atoms with Gasteiger partial charge in [-0.2, -0.15) is 0 Å².